The van der Waals surface area contributed by atoms with Crippen LogP contribution in [0.25, 0.3) is 0 Å². The van der Waals surface area contributed by atoms with Crippen molar-refractivity contribution in [3.8, 4) is 11.5 Å². The Hall–Kier alpha value is -2.23. The van der Waals surface area contributed by atoms with Crippen LogP contribution in [0, 0.1) is 5.82 Å². The number of rotatable bonds is 3. The van der Waals surface area contributed by atoms with Gasteiger partial charge in [-0.15, -0.1) is 0 Å². The van der Waals surface area contributed by atoms with E-state index in [1.54, 1.807) is 19.2 Å². The second-order valence-electron chi connectivity index (χ2n) is 4.74. The largest absolute Gasteiger partial charge is 0.497 e. The highest BCUT2D eigenvalue weighted by Gasteiger charge is 2.22. The van der Waals surface area contributed by atoms with Crippen molar-refractivity contribution in [3.05, 3.63) is 53.8 Å². The summed E-state index contributed by atoms with van der Waals surface area (Å²) < 4.78 is 23.9. The standard InChI is InChI=1S/C16H16FNO2/c1-19-13-6-7-16-14(10-13)15(8-9-20-16)18-12-4-2-11(17)3-5-12/h2-7,10,15,18H,8-9H2,1H3. The smallest absolute Gasteiger partial charge is 0.124 e. The lowest BCUT2D eigenvalue weighted by atomic mass is 10.00. The van der Waals surface area contributed by atoms with Crippen LogP contribution in [-0.4, -0.2) is 13.7 Å². The third-order valence-corrected chi connectivity index (χ3v) is 3.44. The van der Waals surface area contributed by atoms with E-state index in [-0.39, 0.29) is 11.9 Å². The average Bonchev–Trinajstić information content (AvgIpc) is 2.49. The molecule has 0 saturated heterocycles. The van der Waals surface area contributed by atoms with Gasteiger partial charge in [0.05, 0.1) is 19.8 Å². The first-order valence-electron chi connectivity index (χ1n) is 6.59. The molecule has 3 rings (SSSR count). The molecule has 0 spiro atoms. The molecule has 1 heterocycles. The Labute approximate surface area is 117 Å². The lowest BCUT2D eigenvalue weighted by molar-refractivity contribution is 0.273. The van der Waals surface area contributed by atoms with Crippen molar-refractivity contribution in [1.82, 2.24) is 0 Å². The summed E-state index contributed by atoms with van der Waals surface area (Å²) in [6.45, 7) is 0.665. The molecule has 0 bridgehead atoms. The Balaban J connectivity index is 1.87. The molecule has 0 aromatic heterocycles. The van der Waals surface area contributed by atoms with E-state index in [0.29, 0.717) is 6.61 Å². The highest BCUT2D eigenvalue weighted by molar-refractivity contribution is 5.50. The van der Waals surface area contributed by atoms with Gasteiger partial charge in [-0.25, -0.2) is 4.39 Å². The molecule has 0 radical (unpaired) electrons. The predicted molar refractivity (Wildman–Crippen MR) is 75.9 cm³/mol. The first-order valence-corrected chi connectivity index (χ1v) is 6.59. The third-order valence-electron chi connectivity index (χ3n) is 3.44. The molecule has 104 valence electrons. The molecule has 1 unspecified atom stereocenters. The molecule has 4 heteroatoms. The number of hydrogen-bond donors (Lipinski definition) is 1. The first kappa shape index (κ1) is 12.8. The van der Waals surface area contributed by atoms with E-state index >= 15 is 0 Å². The maximum atomic E-state index is 12.9. The molecule has 1 atom stereocenters. The second kappa shape index (κ2) is 5.41. The summed E-state index contributed by atoms with van der Waals surface area (Å²) in [5.41, 5.74) is 1.96. The normalized spacial score (nSPS) is 17.0. The molecular formula is C16H16FNO2. The summed E-state index contributed by atoms with van der Waals surface area (Å²) in [5, 5.41) is 3.41. The summed E-state index contributed by atoms with van der Waals surface area (Å²) >= 11 is 0. The maximum absolute atomic E-state index is 12.9. The predicted octanol–water partition coefficient (Wildman–Crippen LogP) is 3.77. The highest BCUT2D eigenvalue weighted by atomic mass is 19.1. The fourth-order valence-electron chi connectivity index (χ4n) is 2.40. The van der Waals surface area contributed by atoms with Gasteiger partial charge in [0.15, 0.2) is 0 Å². The highest BCUT2D eigenvalue weighted by Crippen LogP contribution is 2.36. The quantitative estimate of drug-likeness (QED) is 0.923. The van der Waals surface area contributed by atoms with Crippen molar-refractivity contribution in [2.75, 3.05) is 19.0 Å². The van der Waals surface area contributed by atoms with E-state index in [1.807, 2.05) is 18.2 Å². The van der Waals surface area contributed by atoms with Crippen LogP contribution in [0.4, 0.5) is 10.1 Å². The number of halogens is 1. The van der Waals surface area contributed by atoms with Crippen LogP contribution in [0.2, 0.25) is 0 Å². The molecule has 1 aliphatic rings. The Morgan fingerprint density at radius 1 is 1.20 bits per heavy atom. The molecule has 0 aliphatic carbocycles. The van der Waals surface area contributed by atoms with Gasteiger partial charge in [0, 0.05) is 17.7 Å². The molecule has 2 aromatic carbocycles. The van der Waals surface area contributed by atoms with Crippen molar-refractivity contribution >= 4 is 5.69 Å². The maximum Gasteiger partial charge on any atom is 0.124 e. The Morgan fingerprint density at radius 2 is 2.00 bits per heavy atom. The van der Waals surface area contributed by atoms with Gasteiger partial charge in [-0.05, 0) is 42.5 Å². The number of anilines is 1. The number of ether oxygens (including phenoxy) is 2. The zero-order chi connectivity index (χ0) is 13.9. The molecule has 20 heavy (non-hydrogen) atoms. The van der Waals surface area contributed by atoms with Gasteiger partial charge in [-0.1, -0.05) is 0 Å². The van der Waals surface area contributed by atoms with Gasteiger partial charge in [0.25, 0.3) is 0 Å². The third kappa shape index (κ3) is 2.54. The summed E-state index contributed by atoms with van der Waals surface area (Å²) in [6.07, 6.45) is 0.859. The second-order valence-corrected chi connectivity index (χ2v) is 4.74. The monoisotopic (exact) mass is 273 g/mol. The van der Waals surface area contributed by atoms with Crippen molar-refractivity contribution in [2.24, 2.45) is 0 Å². The molecule has 0 saturated carbocycles. The minimum absolute atomic E-state index is 0.138. The SMILES string of the molecule is COc1ccc2c(c1)C(Nc1ccc(F)cc1)CCO2. The van der Waals surface area contributed by atoms with Crippen LogP contribution >= 0.6 is 0 Å². The van der Waals surface area contributed by atoms with Gasteiger partial charge in [0.1, 0.15) is 17.3 Å². The van der Waals surface area contributed by atoms with E-state index in [0.717, 1.165) is 29.2 Å². The van der Waals surface area contributed by atoms with Crippen LogP contribution in [0.15, 0.2) is 42.5 Å². The Morgan fingerprint density at radius 3 is 2.75 bits per heavy atom. The molecule has 0 fully saturated rings. The number of hydrogen-bond acceptors (Lipinski definition) is 3. The molecule has 1 aliphatic heterocycles. The lowest BCUT2D eigenvalue weighted by Crippen LogP contribution is -2.20. The summed E-state index contributed by atoms with van der Waals surface area (Å²) in [5.74, 6) is 1.45. The van der Waals surface area contributed by atoms with Crippen LogP contribution < -0.4 is 14.8 Å². The fraction of sp³-hybridized carbons (Fsp3) is 0.250. The van der Waals surface area contributed by atoms with Crippen molar-refractivity contribution in [3.63, 3.8) is 0 Å². The summed E-state index contributed by atoms with van der Waals surface area (Å²) in [6, 6.07) is 12.3. The van der Waals surface area contributed by atoms with Crippen molar-refractivity contribution in [1.29, 1.82) is 0 Å². The first-order chi connectivity index (χ1) is 9.76. The number of fused-ring (bicyclic) bond motifs is 1. The van der Waals surface area contributed by atoms with Crippen LogP contribution in [0.3, 0.4) is 0 Å². The summed E-state index contributed by atoms with van der Waals surface area (Å²) in [4.78, 5) is 0. The van der Waals surface area contributed by atoms with Gasteiger partial charge in [0.2, 0.25) is 0 Å². The fourth-order valence-corrected chi connectivity index (χ4v) is 2.40. The molecule has 0 amide bonds. The van der Waals surface area contributed by atoms with E-state index in [4.69, 9.17) is 9.47 Å². The van der Waals surface area contributed by atoms with Crippen LogP contribution in [-0.2, 0) is 0 Å². The van der Waals surface area contributed by atoms with E-state index in [1.165, 1.54) is 12.1 Å². The van der Waals surface area contributed by atoms with E-state index < -0.39 is 0 Å². The van der Waals surface area contributed by atoms with Crippen LogP contribution in [0.5, 0.6) is 11.5 Å². The van der Waals surface area contributed by atoms with E-state index in [9.17, 15) is 4.39 Å². The zero-order valence-corrected chi connectivity index (χ0v) is 11.2. The minimum Gasteiger partial charge on any atom is -0.497 e. The molecule has 2 aromatic rings. The van der Waals surface area contributed by atoms with Gasteiger partial charge in [-0.2, -0.15) is 0 Å². The van der Waals surface area contributed by atoms with Gasteiger partial charge >= 0.3 is 0 Å². The topological polar surface area (TPSA) is 30.5 Å². The number of nitrogens with one attached hydrogen (secondary N) is 1. The van der Waals surface area contributed by atoms with Crippen LogP contribution in [0.1, 0.15) is 18.0 Å². The van der Waals surface area contributed by atoms with Crippen molar-refractivity contribution < 1.29 is 13.9 Å². The van der Waals surface area contributed by atoms with Gasteiger partial charge in [-0.3, -0.25) is 0 Å². The lowest BCUT2D eigenvalue weighted by Gasteiger charge is -2.27. The molecular weight excluding hydrogens is 257 g/mol. The zero-order valence-electron chi connectivity index (χ0n) is 11.2. The Kier molecular flexibility index (Phi) is 3.46. The number of benzene rings is 2. The Bertz CT molecular complexity index is 598. The summed E-state index contributed by atoms with van der Waals surface area (Å²) in [7, 11) is 1.65. The van der Waals surface area contributed by atoms with E-state index in [2.05, 4.69) is 5.32 Å². The van der Waals surface area contributed by atoms with Crippen molar-refractivity contribution in [2.45, 2.75) is 12.5 Å². The molecule has 3 nitrogen and oxygen atoms in total. The average molecular weight is 273 g/mol. The minimum atomic E-state index is -0.232. The molecule has 1 N–H and O–H groups in total. The van der Waals surface area contributed by atoms with Gasteiger partial charge < -0.3 is 14.8 Å². The number of methoxy groups -OCH3 is 1.